The summed E-state index contributed by atoms with van der Waals surface area (Å²) in [5.41, 5.74) is -0.357. The number of benzene rings is 1. The molecule has 0 bridgehead atoms. The molecule has 1 aliphatic rings. The Hall–Kier alpha value is -1.49. The van der Waals surface area contributed by atoms with Crippen LogP contribution in [0.15, 0.2) is 18.2 Å². The summed E-state index contributed by atoms with van der Waals surface area (Å²) in [5, 5.41) is 2.31. The van der Waals surface area contributed by atoms with Crippen molar-refractivity contribution < 1.29 is 13.6 Å². The van der Waals surface area contributed by atoms with Crippen molar-refractivity contribution in [3.05, 3.63) is 29.8 Å². The first-order valence-corrected chi connectivity index (χ1v) is 7.02. The van der Waals surface area contributed by atoms with Gasteiger partial charge in [0.05, 0.1) is 0 Å². The van der Waals surface area contributed by atoms with Gasteiger partial charge in [-0.25, -0.2) is 8.78 Å². The summed E-state index contributed by atoms with van der Waals surface area (Å²) in [6.07, 6.45) is 2.62. The molecule has 1 fully saturated rings. The van der Waals surface area contributed by atoms with Crippen LogP contribution in [0.3, 0.4) is 0 Å². The van der Waals surface area contributed by atoms with Crippen molar-refractivity contribution in [2.75, 3.05) is 25.0 Å². The lowest BCUT2D eigenvalue weighted by molar-refractivity contribution is -0.116. The zero-order valence-corrected chi connectivity index (χ0v) is 11.7. The van der Waals surface area contributed by atoms with E-state index in [0.29, 0.717) is 12.5 Å². The Balaban J connectivity index is 1.83. The van der Waals surface area contributed by atoms with Gasteiger partial charge in [0.2, 0.25) is 5.91 Å². The molecular formula is C15H20F2N2O. The highest BCUT2D eigenvalue weighted by atomic mass is 19.1. The Morgan fingerprint density at radius 3 is 2.75 bits per heavy atom. The van der Waals surface area contributed by atoms with Gasteiger partial charge in [0.15, 0.2) is 0 Å². The summed E-state index contributed by atoms with van der Waals surface area (Å²) in [6.45, 7) is 4.81. The largest absolute Gasteiger partial charge is 0.321 e. The summed E-state index contributed by atoms with van der Waals surface area (Å²) < 4.78 is 26.8. The van der Waals surface area contributed by atoms with E-state index in [1.165, 1.54) is 12.5 Å². The average molecular weight is 282 g/mol. The topological polar surface area (TPSA) is 32.3 Å². The first-order valence-electron chi connectivity index (χ1n) is 7.02. The van der Waals surface area contributed by atoms with E-state index in [-0.39, 0.29) is 18.0 Å². The molecule has 0 aromatic heterocycles. The molecule has 1 saturated heterocycles. The lowest BCUT2D eigenvalue weighted by atomic mass is 10.0. The summed E-state index contributed by atoms with van der Waals surface area (Å²) >= 11 is 0. The number of nitrogens with one attached hydrogen (secondary N) is 1. The smallest absolute Gasteiger partial charge is 0.225 e. The van der Waals surface area contributed by atoms with Gasteiger partial charge in [-0.15, -0.1) is 0 Å². The van der Waals surface area contributed by atoms with Gasteiger partial charge in [0.1, 0.15) is 17.3 Å². The number of nitrogens with zero attached hydrogens (tertiary/aromatic N) is 1. The molecule has 5 heteroatoms. The summed E-state index contributed by atoms with van der Waals surface area (Å²) in [4.78, 5) is 14.0. The molecule has 0 saturated carbocycles. The van der Waals surface area contributed by atoms with Crippen LogP contribution in [0, 0.1) is 17.6 Å². The van der Waals surface area contributed by atoms with Crippen molar-refractivity contribution >= 4 is 11.6 Å². The van der Waals surface area contributed by atoms with Gasteiger partial charge in [-0.3, -0.25) is 4.79 Å². The number of carbonyl (C=O) groups excluding carboxylic acids is 1. The van der Waals surface area contributed by atoms with Crippen LogP contribution in [-0.4, -0.2) is 30.4 Å². The van der Waals surface area contributed by atoms with Crippen LogP contribution >= 0.6 is 0 Å². The SMILES string of the molecule is CC1CCCN(CCC(=O)Nc2c(F)cccc2F)C1. The molecule has 0 aliphatic carbocycles. The molecule has 20 heavy (non-hydrogen) atoms. The molecule has 1 N–H and O–H groups in total. The zero-order chi connectivity index (χ0) is 14.5. The Labute approximate surface area is 118 Å². The van der Waals surface area contributed by atoms with E-state index in [2.05, 4.69) is 17.1 Å². The van der Waals surface area contributed by atoms with Crippen LogP contribution in [-0.2, 0) is 4.79 Å². The number of hydrogen-bond donors (Lipinski definition) is 1. The van der Waals surface area contributed by atoms with Gasteiger partial charge in [-0.1, -0.05) is 13.0 Å². The fourth-order valence-corrected chi connectivity index (χ4v) is 2.57. The molecule has 1 aromatic rings. The van der Waals surface area contributed by atoms with Gasteiger partial charge in [0.25, 0.3) is 0 Å². The first kappa shape index (κ1) is 14.9. The normalized spacial score (nSPS) is 19.9. The van der Waals surface area contributed by atoms with Gasteiger partial charge in [0, 0.05) is 19.5 Å². The van der Waals surface area contributed by atoms with E-state index in [1.54, 1.807) is 0 Å². The third kappa shape index (κ3) is 4.00. The molecule has 3 nitrogen and oxygen atoms in total. The van der Waals surface area contributed by atoms with Crippen LogP contribution in [0.2, 0.25) is 0 Å². The third-order valence-corrected chi connectivity index (χ3v) is 3.62. The number of halogens is 2. The first-order chi connectivity index (χ1) is 9.56. The maximum atomic E-state index is 13.4. The highest BCUT2D eigenvalue weighted by Crippen LogP contribution is 2.19. The quantitative estimate of drug-likeness (QED) is 0.920. The molecule has 2 rings (SSSR count). The number of amides is 1. The van der Waals surface area contributed by atoms with Crippen molar-refractivity contribution in [1.82, 2.24) is 4.90 Å². The number of likely N-dealkylation sites (tertiary alicyclic amines) is 1. The highest BCUT2D eigenvalue weighted by molar-refractivity contribution is 5.91. The molecule has 1 aromatic carbocycles. The summed E-state index contributed by atoms with van der Waals surface area (Å²) in [7, 11) is 0. The number of anilines is 1. The fourth-order valence-electron chi connectivity index (χ4n) is 2.57. The van der Waals surface area contributed by atoms with Crippen molar-refractivity contribution in [2.24, 2.45) is 5.92 Å². The fraction of sp³-hybridized carbons (Fsp3) is 0.533. The van der Waals surface area contributed by atoms with E-state index < -0.39 is 11.6 Å². The minimum atomic E-state index is -0.745. The monoisotopic (exact) mass is 282 g/mol. The maximum absolute atomic E-state index is 13.4. The minimum absolute atomic E-state index is 0.250. The lowest BCUT2D eigenvalue weighted by Crippen LogP contribution is -2.36. The van der Waals surface area contributed by atoms with Crippen molar-refractivity contribution in [3.8, 4) is 0 Å². The zero-order valence-electron chi connectivity index (χ0n) is 11.7. The van der Waals surface area contributed by atoms with Gasteiger partial charge >= 0.3 is 0 Å². The third-order valence-electron chi connectivity index (χ3n) is 3.62. The van der Waals surface area contributed by atoms with Crippen LogP contribution in [0.5, 0.6) is 0 Å². The molecular weight excluding hydrogens is 262 g/mol. The van der Waals surface area contributed by atoms with E-state index >= 15 is 0 Å². The Kier molecular flexibility index (Phi) is 5.06. The maximum Gasteiger partial charge on any atom is 0.225 e. The standard InChI is InChI=1S/C15H20F2N2O/c1-11-4-3-8-19(10-11)9-7-14(20)18-15-12(16)5-2-6-13(15)17/h2,5-6,11H,3-4,7-10H2,1H3,(H,18,20). The Morgan fingerprint density at radius 1 is 1.40 bits per heavy atom. The van der Waals surface area contributed by atoms with Gasteiger partial charge in [-0.05, 0) is 37.4 Å². The van der Waals surface area contributed by atoms with Gasteiger partial charge in [-0.2, -0.15) is 0 Å². The van der Waals surface area contributed by atoms with Crippen molar-refractivity contribution in [1.29, 1.82) is 0 Å². The summed E-state index contributed by atoms with van der Waals surface area (Å²) in [5.74, 6) is -1.20. The molecule has 1 atom stereocenters. The number of para-hydroxylation sites is 1. The van der Waals surface area contributed by atoms with Gasteiger partial charge < -0.3 is 10.2 Å². The van der Waals surface area contributed by atoms with E-state index in [1.807, 2.05) is 0 Å². The second-order valence-electron chi connectivity index (χ2n) is 5.44. The molecule has 1 unspecified atom stereocenters. The van der Waals surface area contributed by atoms with E-state index in [0.717, 1.165) is 31.6 Å². The minimum Gasteiger partial charge on any atom is -0.321 e. The molecule has 1 aliphatic heterocycles. The molecule has 0 radical (unpaired) electrons. The predicted molar refractivity (Wildman–Crippen MR) is 74.4 cm³/mol. The number of piperidine rings is 1. The molecule has 0 spiro atoms. The molecule has 1 amide bonds. The van der Waals surface area contributed by atoms with E-state index in [4.69, 9.17) is 0 Å². The van der Waals surface area contributed by atoms with Crippen LogP contribution in [0.4, 0.5) is 14.5 Å². The van der Waals surface area contributed by atoms with Crippen LogP contribution in [0.1, 0.15) is 26.2 Å². The molecule has 110 valence electrons. The number of hydrogen-bond acceptors (Lipinski definition) is 2. The van der Waals surface area contributed by atoms with E-state index in [9.17, 15) is 13.6 Å². The second-order valence-corrected chi connectivity index (χ2v) is 5.44. The predicted octanol–water partition coefficient (Wildman–Crippen LogP) is 3.03. The average Bonchev–Trinajstić information content (AvgIpc) is 2.41. The number of carbonyl (C=O) groups is 1. The Morgan fingerprint density at radius 2 is 2.10 bits per heavy atom. The van der Waals surface area contributed by atoms with Crippen LogP contribution < -0.4 is 5.32 Å². The van der Waals surface area contributed by atoms with Crippen molar-refractivity contribution in [3.63, 3.8) is 0 Å². The molecule has 1 heterocycles. The summed E-state index contributed by atoms with van der Waals surface area (Å²) in [6, 6.07) is 3.53. The van der Waals surface area contributed by atoms with Crippen LogP contribution in [0.25, 0.3) is 0 Å². The second kappa shape index (κ2) is 6.79. The number of rotatable bonds is 4. The lowest BCUT2D eigenvalue weighted by Gasteiger charge is -2.30. The highest BCUT2D eigenvalue weighted by Gasteiger charge is 2.17. The van der Waals surface area contributed by atoms with Crippen molar-refractivity contribution in [2.45, 2.75) is 26.2 Å². The Bertz CT molecular complexity index is 459.